The van der Waals surface area contributed by atoms with Gasteiger partial charge in [0.15, 0.2) is 0 Å². The molecule has 0 aliphatic rings. The molecule has 0 bridgehead atoms. The Hall–Kier alpha value is -3.36. The molecule has 0 fully saturated rings. The summed E-state index contributed by atoms with van der Waals surface area (Å²) in [6.45, 7) is 8.13. The highest BCUT2D eigenvalue weighted by molar-refractivity contribution is 6.76. The quantitative estimate of drug-likeness (QED) is 0.194. The van der Waals surface area contributed by atoms with Crippen LogP contribution in [0, 0.1) is 0 Å². The lowest BCUT2D eigenvalue weighted by Crippen LogP contribution is -2.22. The number of hydrogen-bond donors (Lipinski definition) is 0. The second-order valence-corrected chi connectivity index (χ2v) is 14.4. The van der Waals surface area contributed by atoms with Crippen LogP contribution in [0.4, 0.5) is 0 Å². The van der Waals surface area contributed by atoms with Crippen molar-refractivity contribution in [2.75, 3.05) is 6.61 Å². The molecule has 0 unspecified atom stereocenters. The Morgan fingerprint density at radius 2 is 1.75 bits per heavy atom. The number of rotatable bonds is 9. The number of carbonyl (C=O) groups excluding carboxylic acids is 1. The third-order valence-corrected chi connectivity index (χ3v) is 6.74. The van der Waals surface area contributed by atoms with E-state index < -0.39 is 8.07 Å². The zero-order valence-electron chi connectivity index (χ0n) is 18.5. The minimum absolute atomic E-state index is 0.259. The van der Waals surface area contributed by atoms with Crippen molar-refractivity contribution in [1.29, 1.82) is 0 Å². The number of aldehydes is 1. The van der Waals surface area contributed by atoms with Crippen molar-refractivity contribution in [1.82, 2.24) is 19.7 Å². The van der Waals surface area contributed by atoms with Gasteiger partial charge < -0.3 is 9.47 Å². The van der Waals surface area contributed by atoms with Crippen LogP contribution in [0.3, 0.4) is 0 Å². The van der Waals surface area contributed by atoms with E-state index >= 15 is 0 Å². The molecule has 0 aliphatic heterocycles. The summed E-state index contributed by atoms with van der Waals surface area (Å²) in [6, 6.07) is 14.4. The van der Waals surface area contributed by atoms with Crippen molar-refractivity contribution in [3.05, 3.63) is 66.6 Å². The van der Waals surface area contributed by atoms with Gasteiger partial charge >= 0.3 is 6.01 Å². The standard InChI is InChI=1S/C24H26N4O3Si/c1-32(2,3)11-10-30-17-28-23(8-9-27-28)21-14-25-24(26-15-21)31-22-7-6-19-12-18(16-29)4-5-20(19)13-22/h4-9,12-16H,10-11,17H2,1-3H3. The van der Waals surface area contributed by atoms with Crippen LogP contribution in [0.5, 0.6) is 11.8 Å². The van der Waals surface area contributed by atoms with Crippen molar-refractivity contribution in [2.24, 2.45) is 0 Å². The van der Waals surface area contributed by atoms with Gasteiger partial charge in [-0.2, -0.15) is 5.10 Å². The maximum Gasteiger partial charge on any atom is 0.321 e. The Morgan fingerprint density at radius 1 is 1.00 bits per heavy atom. The summed E-state index contributed by atoms with van der Waals surface area (Å²) in [5, 5.41) is 6.30. The van der Waals surface area contributed by atoms with Gasteiger partial charge in [0.05, 0.1) is 5.69 Å². The minimum Gasteiger partial charge on any atom is -0.424 e. The van der Waals surface area contributed by atoms with Crippen molar-refractivity contribution in [3.8, 4) is 23.0 Å². The van der Waals surface area contributed by atoms with Gasteiger partial charge in [-0.15, -0.1) is 0 Å². The maximum atomic E-state index is 10.9. The molecule has 0 amide bonds. The summed E-state index contributed by atoms with van der Waals surface area (Å²) in [5.74, 6) is 0.630. The zero-order chi connectivity index (χ0) is 22.6. The van der Waals surface area contributed by atoms with E-state index in [0.717, 1.165) is 41.0 Å². The number of fused-ring (bicyclic) bond motifs is 1. The molecule has 4 rings (SSSR count). The van der Waals surface area contributed by atoms with Gasteiger partial charge in [0, 0.05) is 44.4 Å². The zero-order valence-corrected chi connectivity index (χ0v) is 19.5. The van der Waals surface area contributed by atoms with E-state index in [9.17, 15) is 4.79 Å². The first-order chi connectivity index (χ1) is 15.4. The Morgan fingerprint density at radius 3 is 2.50 bits per heavy atom. The Kier molecular flexibility index (Phi) is 6.43. The van der Waals surface area contributed by atoms with Crippen LogP contribution in [0.15, 0.2) is 61.1 Å². The number of hydrogen-bond acceptors (Lipinski definition) is 6. The van der Waals surface area contributed by atoms with Gasteiger partial charge in [-0.3, -0.25) is 4.79 Å². The molecule has 2 heterocycles. The average molecular weight is 447 g/mol. The van der Waals surface area contributed by atoms with Gasteiger partial charge in [0.25, 0.3) is 0 Å². The lowest BCUT2D eigenvalue weighted by Gasteiger charge is -2.15. The monoisotopic (exact) mass is 446 g/mol. The number of aromatic nitrogens is 4. The molecule has 0 atom stereocenters. The van der Waals surface area contributed by atoms with E-state index in [1.54, 1.807) is 29.3 Å². The molecule has 0 aliphatic carbocycles. The van der Waals surface area contributed by atoms with Crippen LogP contribution in [0.2, 0.25) is 25.7 Å². The fraction of sp³-hybridized carbons (Fsp3) is 0.250. The molecule has 0 radical (unpaired) electrons. The van der Waals surface area contributed by atoms with Crippen molar-refractivity contribution >= 4 is 25.1 Å². The molecular weight excluding hydrogens is 420 g/mol. The molecule has 0 N–H and O–H groups in total. The van der Waals surface area contributed by atoms with Gasteiger partial charge in [-0.25, -0.2) is 14.6 Å². The number of carbonyl (C=O) groups is 1. The van der Waals surface area contributed by atoms with Crippen LogP contribution in [-0.4, -0.2) is 40.7 Å². The second kappa shape index (κ2) is 9.42. The first kappa shape index (κ1) is 21.9. The highest BCUT2D eigenvalue weighted by atomic mass is 28.3. The lowest BCUT2D eigenvalue weighted by molar-refractivity contribution is 0.0798. The predicted octanol–water partition coefficient (Wildman–Crippen LogP) is 5.41. The minimum atomic E-state index is -1.12. The largest absolute Gasteiger partial charge is 0.424 e. The van der Waals surface area contributed by atoms with E-state index in [0.29, 0.717) is 18.0 Å². The average Bonchev–Trinajstić information content (AvgIpc) is 3.25. The number of nitrogens with zero attached hydrogens (tertiary/aromatic N) is 4. The van der Waals surface area contributed by atoms with E-state index in [2.05, 4.69) is 34.7 Å². The summed E-state index contributed by atoms with van der Waals surface area (Å²) in [6.07, 6.45) is 6.02. The molecule has 0 saturated heterocycles. The third-order valence-electron chi connectivity index (χ3n) is 5.03. The summed E-state index contributed by atoms with van der Waals surface area (Å²) < 4.78 is 13.4. The number of ether oxygens (including phenoxy) is 2. The molecule has 2 aromatic heterocycles. The molecule has 0 saturated carbocycles. The van der Waals surface area contributed by atoms with E-state index in [-0.39, 0.29) is 6.01 Å². The molecular formula is C24H26N4O3Si. The molecule has 32 heavy (non-hydrogen) atoms. The fourth-order valence-electron chi connectivity index (χ4n) is 3.20. The maximum absolute atomic E-state index is 10.9. The molecule has 4 aromatic rings. The molecule has 7 nitrogen and oxygen atoms in total. The van der Waals surface area contributed by atoms with Gasteiger partial charge in [-0.1, -0.05) is 37.8 Å². The van der Waals surface area contributed by atoms with E-state index in [1.165, 1.54) is 0 Å². The first-order valence-corrected chi connectivity index (χ1v) is 14.2. The first-order valence-electron chi connectivity index (χ1n) is 10.5. The second-order valence-electron chi connectivity index (χ2n) is 8.81. The SMILES string of the molecule is C[Si](C)(C)CCOCn1nccc1-c1cnc(Oc2ccc3cc(C=O)ccc3c2)nc1. The van der Waals surface area contributed by atoms with Crippen LogP contribution in [0.25, 0.3) is 22.0 Å². The Bertz CT molecular complexity index is 1220. The van der Waals surface area contributed by atoms with Crippen LogP contribution in [0.1, 0.15) is 10.4 Å². The summed E-state index contributed by atoms with van der Waals surface area (Å²) in [5.41, 5.74) is 2.37. The highest BCUT2D eigenvalue weighted by Crippen LogP contribution is 2.25. The summed E-state index contributed by atoms with van der Waals surface area (Å²) >= 11 is 0. The van der Waals surface area contributed by atoms with Crippen molar-refractivity contribution < 1.29 is 14.3 Å². The van der Waals surface area contributed by atoms with Crippen LogP contribution >= 0.6 is 0 Å². The van der Waals surface area contributed by atoms with Crippen LogP contribution < -0.4 is 4.74 Å². The topological polar surface area (TPSA) is 79.1 Å². The predicted molar refractivity (Wildman–Crippen MR) is 127 cm³/mol. The third kappa shape index (κ3) is 5.46. The molecule has 8 heteroatoms. The molecule has 0 spiro atoms. The Balaban J connectivity index is 1.42. The lowest BCUT2D eigenvalue weighted by atomic mass is 10.1. The van der Waals surface area contributed by atoms with E-state index in [1.807, 2.05) is 36.4 Å². The highest BCUT2D eigenvalue weighted by Gasteiger charge is 2.13. The molecule has 164 valence electrons. The number of benzene rings is 2. The van der Waals surface area contributed by atoms with Crippen molar-refractivity contribution in [2.45, 2.75) is 32.4 Å². The molecule has 2 aromatic carbocycles. The van der Waals surface area contributed by atoms with Gasteiger partial charge in [0.2, 0.25) is 0 Å². The van der Waals surface area contributed by atoms with E-state index in [4.69, 9.17) is 9.47 Å². The summed E-state index contributed by atoms with van der Waals surface area (Å²) in [4.78, 5) is 19.6. The summed E-state index contributed by atoms with van der Waals surface area (Å²) in [7, 11) is -1.12. The Labute approximate surface area is 188 Å². The normalized spacial score (nSPS) is 11.6. The van der Waals surface area contributed by atoms with Crippen LogP contribution in [-0.2, 0) is 11.5 Å². The fourth-order valence-corrected chi connectivity index (χ4v) is 3.95. The van der Waals surface area contributed by atoms with Gasteiger partial charge in [0.1, 0.15) is 18.8 Å². The van der Waals surface area contributed by atoms with Gasteiger partial charge in [-0.05, 0) is 41.1 Å². The smallest absolute Gasteiger partial charge is 0.321 e. The van der Waals surface area contributed by atoms with Crippen molar-refractivity contribution in [3.63, 3.8) is 0 Å².